The highest BCUT2D eigenvalue weighted by atomic mass is 15.2. The van der Waals surface area contributed by atoms with E-state index in [0.717, 1.165) is 0 Å². The summed E-state index contributed by atoms with van der Waals surface area (Å²) in [5.41, 5.74) is 4.26. The molecule has 0 radical (unpaired) electrons. The quantitative estimate of drug-likeness (QED) is 0.705. The van der Waals surface area contributed by atoms with Gasteiger partial charge in [-0.25, -0.2) is 0 Å². The second-order valence-corrected chi connectivity index (χ2v) is 5.62. The average molecular weight is 237 g/mol. The third-order valence-electron chi connectivity index (χ3n) is 4.32. The maximum absolute atomic E-state index is 2.45. The molecule has 0 aromatic heterocycles. The van der Waals surface area contributed by atoms with Crippen LogP contribution in [-0.2, 0) is 5.41 Å². The van der Waals surface area contributed by atoms with E-state index in [2.05, 4.69) is 80.3 Å². The Kier molecular flexibility index (Phi) is 2.44. The normalized spacial score (nSPS) is 20.8. The van der Waals surface area contributed by atoms with Crippen LogP contribution in [0.5, 0.6) is 0 Å². The van der Waals surface area contributed by atoms with Gasteiger partial charge in [-0.1, -0.05) is 50.2 Å². The molecule has 92 valence electrons. The van der Waals surface area contributed by atoms with E-state index < -0.39 is 0 Å². The second-order valence-electron chi connectivity index (χ2n) is 5.62. The molecule has 0 aliphatic carbocycles. The van der Waals surface area contributed by atoms with Crippen LogP contribution in [-0.4, -0.2) is 6.04 Å². The van der Waals surface area contributed by atoms with Crippen molar-refractivity contribution in [3.63, 3.8) is 0 Å². The van der Waals surface area contributed by atoms with Gasteiger partial charge in [0.05, 0.1) is 0 Å². The van der Waals surface area contributed by atoms with Gasteiger partial charge in [-0.3, -0.25) is 0 Å². The molecule has 2 aromatic rings. The molecular formula is C17H19N. The monoisotopic (exact) mass is 237 g/mol. The van der Waals surface area contributed by atoms with Crippen molar-refractivity contribution in [1.82, 2.24) is 0 Å². The Morgan fingerprint density at radius 3 is 2.22 bits per heavy atom. The van der Waals surface area contributed by atoms with E-state index in [-0.39, 0.29) is 5.41 Å². The van der Waals surface area contributed by atoms with Crippen molar-refractivity contribution < 1.29 is 0 Å². The van der Waals surface area contributed by atoms with Gasteiger partial charge in [0.15, 0.2) is 0 Å². The van der Waals surface area contributed by atoms with Gasteiger partial charge < -0.3 is 4.90 Å². The van der Waals surface area contributed by atoms with Gasteiger partial charge in [0.25, 0.3) is 0 Å². The largest absolute Gasteiger partial charge is 0.338 e. The van der Waals surface area contributed by atoms with Crippen LogP contribution in [0.2, 0.25) is 0 Å². The molecule has 0 saturated carbocycles. The molecule has 18 heavy (non-hydrogen) atoms. The third-order valence-corrected chi connectivity index (χ3v) is 4.32. The molecule has 1 aliphatic heterocycles. The Hall–Kier alpha value is -1.76. The summed E-state index contributed by atoms with van der Waals surface area (Å²) < 4.78 is 0. The number of rotatable bonds is 1. The SMILES string of the molecule is C[C@@H]1N(c2ccccc2)c2ccccc2C1(C)C. The fraction of sp³-hybridized carbons (Fsp3) is 0.294. The zero-order valence-electron chi connectivity index (χ0n) is 11.2. The van der Waals surface area contributed by atoms with Crippen molar-refractivity contribution in [1.29, 1.82) is 0 Å². The molecule has 0 spiro atoms. The molecule has 0 saturated heterocycles. The maximum atomic E-state index is 2.45. The van der Waals surface area contributed by atoms with Gasteiger partial charge in [-0.05, 0) is 30.7 Å². The van der Waals surface area contributed by atoms with Gasteiger partial charge in [-0.2, -0.15) is 0 Å². The van der Waals surface area contributed by atoms with E-state index in [1.807, 2.05) is 0 Å². The predicted octanol–water partition coefficient (Wildman–Crippen LogP) is 4.50. The van der Waals surface area contributed by atoms with Crippen LogP contribution in [0.1, 0.15) is 26.3 Å². The van der Waals surface area contributed by atoms with Crippen LogP contribution in [0.15, 0.2) is 54.6 Å². The van der Waals surface area contributed by atoms with Crippen LogP contribution in [0.4, 0.5) is 11.4 Å². The molecule has 0 amide bonds. The van der Waals surface area contributed by atoms with Crippen LogP contribution in [0, 0.1) is 0 Å². The van der Waals surface area contributed by atoms with Gasteiger partial charge in [0.1, 0.15) is 0 Å². The van der Waals surface area contributed by atoms with Gasteiger partial charge in [-0.15, -0.1) is 0 Å². The summed E-state index contributed by atoms with van der Waals surface area (Å²) in [5.74, 6) is 0. The number of fused-ring (bicyclic) bond motifs is 1. The van der Waals surface area contributed by atoms with Crippen molar-refractivity contribution in [2.75, 3.05) is 4.90 Å². The molecule has 1 heterocycles. The van der Waals surface area contributed by atoms with Crippen molar-refractivity contribution >= 4 is 11.4 Å². The number of benzene rings is 2. The van der Waals surface area contributed by atoms with E-state index in [4.69, 9.17) is 0 Å². The molecule has 1 nitrogen and oxygen atoms in total. The molecule has 1 aliphatic rings. The minimum Gasteiger partial charge on any atom is -0.338 e. The first kappa shape index (κ1) is 11.3. The summed E-state index contributed by atoms with van der Waals surface area (Å²) in [4.78, 5) is 2.45. The minimum absolute atomic E-state index is 0.187. The van der Waals surface area contributed by atoms with Crippen LogP contribution < -0.4 is 4.90 Å². The summed E-state index contributed by atoms with van der Waals surface area (Å²) in [6, 6.07) is 19.9. The Balaban J connectivity index is 2.18. The lowest BCUT2D eigenvalue weighted by Crippen LogP contribution is -2.36. The van der Waals surface area contributed by atoms with Crippen LogP contribution in [0.25, 0.3) is 0 Å². The predicted molar refractivity (Wildman–Crippen MR) is 77.5 cm³/mol. The summed E-state index contributed by atoms with van der Waals surface area (Å²) in [5, 5.41) is 0. The lowest BCUT2D eigenvalue weighted by atomic mass is 9.81. The second kappa shape index (κ2) is 3.88. The Morgan fingerprint density at radius 1 is 0.889 bits per heavy atom. The third kappa shape index (κ3) is 1.47. The zero-order chi connectivity index (χ0) is 12.8. The highest BCUT2D eigenvalue weighted by Crippen LogP contribution is 2.48. The first-order valence-corrected chi connectivity index (χ1v) is 6.56. The number of hydrogen-bond donors (Lipinski definition) is 0. The molecule has 2 aromatic carbocycles. The minimum atomic E-state index is 0.187. The van der Waals surface area contributed by atoms with Crippen molar-refractivity contribution in [3.05, 3.63) is 60.2 Å². The molecular weight excluding hydrogens is 218 g/mol. The maximum Gasteiger partial charge on any atom is 0.0452 e. The van der Waals surface area contributed by atoms with Crippen LogP contribution >= 0.6 is 0 Å². The number of hydrogen-bond acceptors (Lipinski definition) is 1. The molecule has 3 rings (SSSR count). The number of para-hydroxylation sites is 2. The van der Waals surface area contributed by atoms with E-state index in [1.165, 1.54) is 16.9 Å². The number of anilines is 2. The van der Waals surface area contributed by atoms with Crippen molar-refractivity contribution in [2.45, 2.75) is 32.2 Å². The molecule has 0 N–H and O–H groups in total. The average Bonchev–Trinajstić information content (AvgIpc) is 2.60. The first-order valence-electron chi connectivity index (χ1n) is 6.56. The first-order chi connectivity index (χ1) is 8.62. The van der Waals surface area contributed by atoms with Crippen molar-refractivity contribution in [3.8, 4) is 0 Å². The molecule has 0 fully saturated rings. The fourth-order valence-corrected chi connectivity index (χ4v) is 2.94. The smallest absolute Gasteiger partial charge is 0.0452 e. The topological polar surface area (TPSA) is 3.24 Å². The summed E-state index contributed by atoms with van der Waals surface area (Å²) in [6.45, 7) is 6.98. The van der Waals surface area contributed by atoms with Gasteiger partial charge in [0.2, 0.25) is 0 Å². The molecule has 1 atom stereocenters. The van der Waals surface area contributed by atoms with Crippen molar-refractivity contribution in [2.24, 2.45) is 0 Å². The highest BCUT2D eigenvalue weighted by Gasteiger charge is 2.41. The van der Waals surface area contributed by atoms with Gasteiger partial charge >= 0.3 is 0 Å². The zero-order valence-corrected chi connectivity index (χ0v) is 11.2. The summed E-state index contributed by atoms with van der Waals surface area (Å²) in [6.07, 6.45) is 0. The lowest BCUT2D eigenvalue weighted by Gasteiger charge is -2.31. The van der Waals surface area contributed by atoms with E-state index in [9.17, 15) is 0 Å². The highest BCUT2D eigenvalue weighted by molar-refractivity contribution is 5.73. The van der Waals surface area contributed by atoms with E-state index in [1.54, 1.807) is 0 Å². The molecule has 1 heteroatoms. The molecule has 0 unspecified atom stereocenters. The van der Waals surface area contributed by atoms with E-state index >= 15 is 0 Å². The Labute approximate surface area is 109 Å². The summed E-state index contributed by atoms with van der Waals surface area (Å²) in [7, 11) is 0. The Bertz CT molecular complexity index is 557. The number of nitrogens with zero attached hydrogens (tertiary/aromatic N) is 1. The molecule has 0 bridgehead atoms. The standard InChI is InChI=1S/C17H19N/c1-13-17(2,3)15-11-7-8-12-16(15)18(13)14-9-5-4-6-10-14/h4-13H,1-3H3/t13-/m0/s1. The summed E-state index contributed by atoms with van der Waals surface area (Å²) >= 11 is 0. The Morgan fingerprint density at radius 2 is 1.50 bits per heavy atom. The fourth-order valence-electron chi connectivity index (χ4n) is 2.94. The lowest BCUT2D eigenvalue weighted by molar-refractivity contribution is 0.462. The van der Waals surface area contributed by atoms with E-state index in [0.29, 0.717) is 6.04 Å². The van der Waals surface area contributed by atoms with Gasteiger partial charge in [0, 0.05) is 22.8 Å². The van der Waals surface area contributed by atoms with Crippen LogP contribution in [0.3, 0.4) is 0 Å².